The van der Waals surface area contributed by atoms with E-state index in [2.05, 4.69) is 48.4 Å². The van der Waals surface area contributed by atoms with Crippen LogP contribution in [0.25, 0.3) is 14.5 Å². The van der Waals surface area contributed by atoms with E-state index >= 15 is 0 Å². The number of rotatable bonds is 8. The van der Waals surface area contributed by atoms with Crippen molar-refractivity contribution in [3.8, 4) is 52.5 Å². The van der Waals surface area contributed by atoms with Crippen molar-refractivity contribution in [1.29, 1.82) is 5.26 Å². The lowest BCUT2D eigenvalue weighted by atomic mass is 9.64. The van der Waals surface area contributed by atoms with Crippen molar-refractivity contribution in [2.45, 2.75) is 82.0 Å². The standard InChI is InChI=1S/C16H14BNO2.2C15H13BN2O2.C14H11BN2O3.CH4/c1-11-8-13(18-3)4-7-16(11)20-14-5-6-15-12(9-14)10-19-17(15)2;1-10-6-15(18-8-14(10)17-3)20-12-4-5-13-11(7-12)9-19-16(13)2;1-10-3-4-11(8-17)15(18-10)20-13-5-6-14-12(7-13)9-19-16(14)2;1-9-5-11(16-2)7-17-14(9)20-12-3-4-13-10(6-12)8-19-15(13)18;/h4-9H,10H2,1-2H3;4-8H,9H2,1-2H3;3-7H,9H2,1-2H3;3-7,18H,8H2,1H3;1H4. The molecule has 8 aromatic rings. The van der Waals surface area contributed by atoms with E-state index in [1.54, 1.807) is 42.5 Å². The maximum absolute atomic E-state index is 9.56. The maximum atomic E-state index is 9.56. The summed E-state index contributed by atoms with van der Waals surface area (Å²) in [5.41, 5.74) is 14.3. The predicted octanol–water partition coefficient (Wildman–Crippen LogP) is 11.8. The zero-order valence-corrected chi connectivity index (χ0v) is 45.1. The van der Waals surface area contributed by atoms with Crippen LogP contribution in [-0.4, -0.2) is 47.8 Å². The van der Waals surface area contributed by atoms with Gasteiger partial charge in [0, 0.05) is 23.7 Å². The van der Waals surface area contributed by atoms with Gasteiger partial charge < -0.3 is 42.6 Å². The fraction of sp³-hybridized carbons (Fsp3) is 0.197. The minimum Gasteiger partial charge on any atom is -0.457 e. The molecule has 7 heterocycles. The normalized spacial score (nSPS) is 12.8. The fourth-order valence-electron chi connectivity index (χ4n) is 9.08. The van der Waals surface area contributed by atoms with Gasteiger partial charge in [-0.25, -0.2) is 29.5 Å². The van der Waals surface area contributed by atoms with Crippen molar-refractivity contribution < 1.29 is 42.6 Å². The Morgan fingerprint density at radius 2 is 1.02 bits per heavy atom. The summed E-state index contributed by atoms with van der Waals surface area (Å²) in [6.07, 6.45) is 3.02. The number of nitriles is 1. The van der Waals surface area contributed by atoms with Gasteiger partial charge >= 0.3 is 27.9 Å². The molecule has 0 radical (unpaired) electrons. The zero-order chi connectivity index (χ0) is 56.5. The fourth-order valence-corrected chi connectivity index (χ4v) is 9.08. The molecule has 0 bridgehead atoms. The number of benzene rings is 5. The van der Waals surface area contributed by atoms with Crippen LogP contribution in [-0.2, 0) is 45.0 Å². The lowest BCUT2D eigenvalue weighted by Crippen LogP contribution is -2.27. The van der Waals surface area contributed by atoms with Crippen molar-refractivity contribution in [3.63, 3.8) is 0 Å². The SMILES string of the molecule is C.CB1OCc2cc(Oc3nc(C)ccc3C#N)ccc21.[C-]#[N+]c1ccc(Oc2ccc3c(c2)COB3C)c(C)c1.[C-]#[N+]c1cnc(Oc2ccc3c(c2)COB3C)cc1C.[C-]#[N+]c1cnc(Oc2ccc3c(c2)COB3O)c(C)c1. The minimum atomic E-state index is -0.850. The highest BCUT2D eigenvalue weighted by Crippen LogP contribution is 2.32. The molecule has 4 aliphatic heterocycles. The summed E-state index contributed by atoms with van der Waals surface area (Å²) >= 11 is 0. The monoisotopic (exact) mass is 1070 g/mol. The van der Waals surface area contributed by atoms with Crippen molar-refractivity contribution in [3.05, 3.63) is 212 Å². The topological polar surface area (TPSA) is 170 Å². The van der Waals surface area contributed by atoms with Crippen molar-refractivity contribution in [2.24, 2.45) is 0 Å². The van der Waals surface area contributed by atoms with Gasteiger partial charge in [0.05, 0.1) is 46.1 Å². The van der Waals surface area contributed by atoms with Crippen LogP contribution in [0.4, 0.5) is 17.1 Å². The summed E-state index contributed by atoms with van der Waals surface area (Å²) in [5, 5.41) is 18.6. The van der Waals surface area contributed by atoms with Crippen LogP contribution >= 0.6 is 0 Å². The molecule has 4 aliphatic rings. The van der Waals surface area contributed by atoms with Gasteiger partial charge in [-0.05, 0) is 168 Å². The van der Waals surface area contributed by atoms with Gasteiger partial charge in [-0.15, -0.1) is 0 Å². The number of hydrogen-bond donors (Lipinski definition) is 1. The Morgan fingerprint density at radius 3 is 1.54 bits per heavy atom. The number of ether oxygens (including phenoxy) is 4. The molecular weight excluding hydrogens is 1020 g/mol. The molecule has 5 aromatic carbocycles. The van der Waals surface area contributed by atoms with Crippen molar-refractivity contribution in [1.82, 2.24) is 15.0 Å². The Labute approximate surface area is 474 Å². The molecule has 0 atom stereocenters. The second kappa shape index (κ2) is 26.2. The highest BCUT2D eigenvalue weighted by Gasteiger charge is 2.28. The summed E-state index contributed by atoms with van der Waals surface area (Å²) in [6, 6.07) is 37.8. The number of nitrogens with zero attached hydrogens (tertiary/aromatic N) is 7. The number of aromatic nitrogens is 3. The molecule has 0 unspecified atom stereocenters. The molecule has 0 amide bonds. The Bertz CT molecular complexity index is 3700. The lowest BCUT2D eigenvalue weighted by Gasteiger charge is -2.10. The molecule has 1 N–H and O–H groups in total. The van der Waals surface area contributed by atoms with Crippen LogP contribution in [0.1, 0.15) is 57.6 Å². The molecule has 81 heavy (non-hydrogen) atoms. The second-order valence-electron chi connectivity index (χ2n) is 19.2. The van der Waals surface area contributed by atoms with Gasteiger partial charge in [0.1, 0.15) is 40.4 Å². The first-order valence-electron chi connectivity index (χ1n) is 25.6. The number of aryl methyl sites for hydroxylation is 4. The van der Waals surface area contributed by atoms with Gasteiger partial charge in [-0.2, -0.15) is 5.26 Å². The third kappa shape index (κ3) is 14.0. The molecular formula is C61H55B4N7O9. The van der Waals surface area contributed by atoms with Gasteiger partial charge in [0.25, 0.3) is 0 Å². The molecule has 0 saturated heterocycles. The van der Waals surface area contributed by atoms with E-state index in [1.165, 1.54) is 34.3 Å². The Kier molecular flexibility index (Phi) is 18.7. The number of hydrogen-bond acceptors (Lipinski definition) is 13. The van der Waals surface area contributed by atoms with E-state index in [0.717, 1.165) is 61.8 Å². The van der Waals surface area contributed by atoms with Crippen LogP contribution in [0.15, 0.2) is 128 Å². The number of fused-ring (bicyclic) bond motifs is 4. The highest BCUT2D eigenvalue weighted by molar-refractivity contribution is 6.68. The third-order valence-corrected chi connectivity index (χ3v) is 13.5. The molecule has 400 valence electrons. The minimum absolute atomic E-state index is 0. The van der Waals surface area contributed by atoms with Gasteiger partial charge in [0.2, 0.25) is 29.0 Å². The molecule has 0 spiro atoms. The van der Waals surface area contributed by atoms with Crippen LogP contribution in [0.5, 0.6) is 46.4 Å². The number of pyridine rings is 3. The third-order valence-electron chi connectivity index (χ3n) is 13.5. The summed E-state index contributed by atoms with van der Waals surface area (Å²) < 4.78 is 45.0. The average molecular weight is 1070 g/mol. The molecule has 0 aliphatic carbocycles. The molecule has 0 fully saturated rings. The summed E-state index contributed by atoms with van der Waals surface area (Å²) in [4.78, 5) is 22.7. The predicted molar refractivity (Wildman–Crippen MR) is 315 cm³/mol. The molecule has 20 heteroatoms. The quantitative estimate of drug-likeness (QED) is 0.113. The molecule has 12 rings (SSSR count). The summed E-state index contributed by atoms with van der Waals surface area (Å²) in [7, 11) is -0.850. The zero-order valence-electron chi connectivity index (χ0n) is 45.1. The van der Waals surface area contributed by atoms with E-state index in [-0.39, 0.29) is 28.2 Å². The van der Waals surface area contributed by atoms with E-state index in [0.29, 0.717) is 78.2 Å². The summed E-state index contributed by atoms with van der Waals surface area (Å²) in [6.45, 7) is 37.3. The molecule has 3 aromatic heterocycles. The average Bonchev–Trinajstić information content (AvgIpc) is 4.28. The summed E-state index contributed by atoms with van der Waals surface area (Å²) in [5.74, 6) is 4.95. The molecule has 0 saturated carbocycles. The van der Waals surface area contributed by atoms with E-state index in [9.17, 15) is 5.02 Å². The lowest BCUT2D eigenvalue weighted by molar-refractivity contribution is 0.275. The second-order valence-corrected chi connectivity index (χ2v) is 19.2. The smallest absolute Gasteiger partial charge is 0.457 e. The van der Waals surface area contributed by atoms with E-state index in [4.69, 9.17) is 62.5 Å². The largest absolute Gasteiger partial charge is 0.491 e. The first kappa shape index (κ1) is 57.9. The van der Waals surface area contributed by atoms with E-state index in [1.807, 2.05) is 108 Å². The van der Waals surface area contributed by atoms with Crippen LogP contribution in [0, 0.1) is 58.7 Å². The van der Waals surface area contributed by atoms with Crippen LogP contribution < -0.4 is 40.8 Å². The van der Waals surface area contributed by atoms with E-state index < -0.39 is 7.12 Å². The maximum Gasteiger partial charge on any atom is 0.491 e. The Morgan fingerprint density at radius 1 is 0.519 bits per heavy atom. The molecule has 16 nitrogen and oxygen atoms in total. The Hall–Kier alpha value is -9.23. The van der Waals surface area contributed by atoms with Crippen molar-refractivity contribution in [2.75, 3.05) is 0 Å². The van der Waals surface area contributed by atoms with Gasteiger partial charge in [0.15, 0.2) is 5.69 Å². The first-order valence-corrected chi connectivity index (χ1v) is 25.6. The first-order chi connectivity index (χ1) is 38.7. The van der Waals surface area contributed by atoms with Gasteiger partial charge in [-0.3, -0.25) is 0 Å². The van der Waals surface area contributed by atoms with Crippen molar-refractivity contribution >= 4 is 66.8 Å². The van der Waals surface area contributed by atoms with Gasteiger partial charge in [-0.1, -0.05) is 58.2 Å². The van der Waals surface area contributed by atoms with Crippen LogP contribution in [0.3, 0.4) is 0 Å². The van der Waals surface area contributed by atoms with Crippen LogP contribution in [0.2, 0.25) is 20.5 Å². The Balaban J connectivity index is 0.000000141. The highest BCUT2D eigenvalue weighted by atomic mass is 16.5.